The van der Waals surface area contributed by atoms with E-state index >= 15 is 0 Å². The second-order valence-electron chi connectivity index (χ2n) is 4.76. The van der Waals surface area contributed by atoms with Gasteiger partial charge in [0, 0.05) is 32.7 Å². The molecule has 1 aliphatic rings. The first-order valence-electron chi connectivity index (χ1n) is 7.08. The van der Waals surface area contributed by atoms with E-state index in [0.717, 1.165) is 19.5 Å². The summed E-state index contributed by atoms with van der Waals surface area (Å²) < 4.78 is 27.3. The molecule has 0 unspecified atom stereocenters. The second-order valence-corrected chi connectivity index (χ2v) is 6.69. The van der Waals surface area contributed by atoms with Gasteiger partial charge in [-0.3, -0.25) is 0 Å². The number of rotatable bonds is 9. The summed E-state index contributed by atoms with van der Waals surface area (Å²) in [6, 6.07) is 0. The zero-order valence-corrected chi connectivity index (χ0v) is 12.5. The molecule has 5 nitrogen and oxygen atoms in total. The molecule has 0 aliphatic carbocycles. The van der Waals surface area contributed by atoms with Gasteiger partial charge >= 0.3 is 0 Å². The van der Waals surface area contributed by atoms with Crippen molar-refractivity contribution < 1.29 is 8.42 Å². The van der Waals surface area contributed by atoms with Crippen molar-refractivity contribution in [3.8, 4) is 0 Å². The van der Waals surface area contributed by atoms with Gasteiger partial charge in [-0.2, -0.15) is 17.0 Å². The van der Waals surface area contributed by atoms with Crippen LogP contribution >= 0.6 is 0 Å². The van der Waals surface area contributed by atoms with Gasteiger partial charge in [0.25, 0.3) is 10.2 Å². The van der Waals surface area contributed by atoms with Gasteiger partial charge in [0.2, 0.25) is 0 Å². The minimum absolute atomic E-state index is 0.592. The molecule has 0 spiro atoms. The maximum absolute atomic E-state index is 12.1. The molecule has 0 amide bonds. The third-order valence-electron chi connectivity index (χ3n) is 3.22. The Labute approximate surface area is 112 Å². The Bertz CT molecular complexity index is 319. The Hall–Kier alpha value is -0.170. The van der Waals surface area contributed by atoms with E-state index in [-0.39, 0.29) is 0 Å². The minimum Gasteiger partial charge on any atom is -0.315 e. The summed E-state index contributed by atoms with van der Waals surface area (Å²) in [6.07, 6.45) is 4.50. The van der Waals surface area contributed by atoms with E-state index in [9.17, 15) is 8.42 Å². The molecular weight excluding hydrogens is 250 g/mol. The van der Waals surface area contributed by atoms with Crippen molar-refractivity contribution in [3.63, 3.8) is 0 Å². The van der Waals surface area contributed by atoms with Gasteiger partial charge in [-0.25, -0.2) is 0 Å². The first-order valence-corrected chi connectivity index (χ1v) is 8.48. The van der Waals surface area contributed by atoms with Crippen LogP contribution in [-0.4, -0.2) is 56.3 Å². The topological polar surface area (TPSA) is 52.6 Å². The fraction of sp³-hybridized carbons (Fsp3) is 1.00. The molecule has 1 fully saturated rings. The quantitative estimate of drug-likeness (QED) is 0.641. The molecule has 0 atom stereocenters. The van der Waals surface area contributed by atoms with Crippen LogP contribution in [0.25, 0.3) is 0 Å². The molecule has 0 saturated carbocycles. The summed E-state index contributed by atoms with van der Waals surface area (Å²) in [5.74, 6) is 0. The number of unbranched alkanes of at least 4 members (excludes halogenated alkanes) is 2. The smallest absolute Gasteiger partial charge is 0.282 e. The Balaban J connectivity index is 2.23. The van der Waals surface area contributed by atoms with Crippen molar-refractivity contribution in [1.29, 1.82) is 0 Å². The summed E-state index contributed by atoms with van der Waals surface area (Å²) in [5.41, 5.74) is 0. The van der Waals surface area contributed by atoms with Crippen molar-refractivity contribution in [1.82, 2.24) is 13.9 Å². The molecular formula is C12H27N3O2S. The molecule has 6 heteroatoms. The number of nitrogens with one attached hydrogen (secondary N) is 1. The van der Waals surface area contributed by atoms with Gasteiger partial charge in [0.15, 0.2) is 0 Å². The lowest BCUT2D eigenvalue weighted by atomic mass is 10.2. The van der Waals surface area contributed by atoms with Crippen LogP contribution < -0.4 is 5.32 Å². The minimum atomic E-state index is -3.16. The summed E-state index contributed by atoms with van der Waals surface area (Å²) in [6.45, 7) is 8.44. The molecule has 0 aromatic carbocycles. The monoisotopic (exact) mass is 277 g/mol. The highest BCUT2D eigenvalue weighted by Crippen LogP contribution is 2.15. The van der Waals surface area contributed by atoms with Crippen molar-refractivity contribution >= 4 is 10.2 Å². The van der Waals surface area contributed by atoms with Crippen LogP contribution in [0.3, 0.4) is 0 Å². The van der Waals surface area contributed by atoms with E-state index in [1.54, 1.807) is 8.61 Å². The average molecular weight is 277 g/mol. The van der Waals surface area contributed by atoms with Gasteiger partial charge in [-0.1, -0.05) is 26.7 Å². The van der Waals surface area contributed by atoms with E-state index in [2.05, 4.69) is 12.2 Å². The van der Waals surface area contributed by atoms with Crippen LogP contribution in [0.2, 0.25) is 0 Å². The molecule has 1 saturated heterocycles. The zero-order valence-electron chi connectivity index (χ0n) is 11.7. The fourth-order valence-electron chi connectivity index (χ4n) is 2.15. The summed E-state index contributed by atoms with van der Waals surface area (Å²) in [7, 11) is -3.16. The highest BCUT2D eigenvalue weighted by Gasteiger charge is 2.34. The lowest BCUT2D eigenvalue weighted by Gasteiger charge is -2.18. The third-order valence-corrected chi connectivity index (χ3v) is 5.25. The van der Waals surface area contributed by atoms with Crippen molar-refractivity contribution in [3.05, 3.63) is 0 Å². The molecule has 1 aliphatic heterocycles. The van der Waals surface area contributed by atoms with Crippen LogP contribution in [0, 0.1) is 0 Å². The summed E-state index contributed by atoms with van der Waals surface area (Å²) >= 11 is 0. The lowest BCUT2D eigenvalue weighted by Crippen LogP contribution is -2.37. The molecule has 1 rings (SSSR count). The van der Waals surface area contributed by atoms with Crippen LogP contribution in [0.15, 0.2) is 0 Å². The van der Waals surface area contributed by atoms with Crippen LogP contribution in [0.1, 0.15) is 39.5 Å². The Morgan fingerprint density at radius 3 is 2.22 bits per heavy atom. The van der Waals surface area contributed by atoms with Gasteiger partial charge in [0.1, 0.15) is 0 Å². The Morgan fingerprint density at radius 1 is 0.944 bits per heavy atom. The van der Waals surface area contributed by atoms with E-state index in [4.69, 9.17) is 0 Å². The molecule has 0 aromatic heterocycles. The van der Waals surface area contributed by atoms with Gasteiger partial charge in [0.05, 0.1) is 0 Å². The van der Waals surface area contributed by atoms with E-state index in [1.807, 2.05) is 6.92 Å². The predicted octanol–water partition coefficient (Wildman–Crippen LogP) is 1.04. The highest BCUT2D eigenvalue weighted by atomic mass is 32.2. The largest absolute Gasteiger partial charge is 0.315 e. The SMILES string of the molecule is CCCCCNCCN1CCN(CCC)S1(=O)=O. The highest BCUT2D eigenvalue weighted by molar-refractivity contribution is 7.87. The third kappa shape index (κ3) is 4.50. The standard InChI is InChI=1S/C12H27N3O2S/c1-3-5-6-7-13-8-10-15-12-11-14(9-4-2)18(15,16)17/h13H,3-12H2,1-2H3. The molecule has 0 radical (unpaired) electrons. The van der Waals surface area contributed by atoms with E-state index in [1.165, 1.54) is 19.3 Å². The molecule has 1 N–H and O–H groups in total. The maximum atomic E-state index is 12.1. The molecule has 108 valence electrons. The van der Waals surface area contributed by atoms with Gasteiger partial charge in [-0.15, -0.1) is 0 Å². The normalized spacial score (nSPS) is 20.6. The molecule has 1 heterocycles. The van der Waals surface area contributed by atoms with Crippen molar-refractivity contribution in [2.24, 2.45) is 0 Å². The Morgan fingerprint density at radius 2 is 1.61 bits per heavy atom. The van der Waals surface area contributed by atoms with Crippen LogP contribution in [0.5, 0.6) is 0 Å². The second kappa shape index (κ2) is 8.09. The predicted molar refractivity (Wildman–Crippen MR) is 74.8 cm³/mol. The number of hydrogen-bond acceptors (Lipinski definition) is 3. The average Bonchev–Trinajstić information content (AvgIpc) is 2.61. The first-order chi connectivity index (χ1) is 8.62. The lowest BCUT2D eigenvalue weighted by molar-refractivity contribution is 0.434. The van der Waals surface area contributed by atoms with Gasteiger partial charge in [-0.05, 0) is 19.4 Å². The van der Waals surface area contributed by atoms with Crippen molar-refractivity contribution in [2.45, 2.75) is 39.5 Å². The molecule has 0 aromatic rings. The van der Waals surface area contributed by atoms with E-state index in [0.29, 0.717) is 26.2 Å². The number of nitrogens with zero attached hydrogens (tertiary/aromatic N) is 2. The summed E-state index contributed by atoms with van der Waals surface area (Å²) in [4.78, 5) is 0. The van der Waals surface area contributed by atoms with E-state index < -0.39 is 10.2 Å². The van der Waals surface area contributed by atoms with Gasteiger partial charge < -0.3 is 5.32 Å². The molecule has 0 bridgehead atoms. The molecule has 18 heavy (non-hydrogen) atoms. The zero-order chi connectivity index (χ0) is 13.4. The first kappa shape index (κ1) is 15.9. The Kier molecular flexibility index (Phi) is 7.14. The van der Waals surface area contributed by atoms with Crippen molar-refractivity contribution in [2.75, 3.05) is 39.3 Å². The fourth-order valence-corrected chi connectivity index (χ4v) is 3.84. The number of hydrogen-bond donors (Lipinski definition) is 1. The summed E-state index contributed by atoms with van der Waals surface area (Å²) in [5, 5.41) is 3.31. The van der Waals surface area contributed by atoms with Crippen LogP contribution in [-0.2, 0) is 10.2 Å². The maximum Gasteiger partial charge on any atom is 0.282 e. The van der Waals surface area contributed by atoms with Crippen LogP contribution in [0.4, 0.5) is 0 Å².